The molecule has 0 spiro atoms. The number of nitrogen functional groups attached to an aromatic ring is 1. The molecular weight excluding hydrogens is 271 g/mol. The van der Waals surface area contributed by atoms with Crippen LogP contribution in [0.4, 0.5) is 5.69 Å². The fraction of sp³-hybridized carbons (Fsp3) is 0.0769. The maximum atomic E-state index is 12.0. The number of benzene rings is 1. The summed E-state index contributed by atoms with van der Waals surface area (Å²) in [5, 5.41) is 0.898. The number of ketones is 1. The Balaban J connectivity index is 2.22. The molecule has 18 heavy (non-hydrogen) atoms. The molecule has 2 rings (SSSR count). The Bertz CT molecular complexity index is 599. The van der Waals surface area contributed by atoms with Crippen molar-refractivity contribution in [2.45, 2.75) is 6.42 Å². The van der Waals surface area contributed by atoms with E-state index in [9.17, 15) is 4.79 Å². The molecule has 0 saturated carbocycles. The summed E-state index contributed by atoms with van der Waals surface area (Å²) in [5.74, 6) is -0.0982. The topological polar surface area (TPSA) is 56.0 Å². The first-order valence-electron chi connectivity index (χ1n) is 5.24. The smallest absolute Gasteiger partial charge is 0.170 e. The van der Waals surface area contributed by atoms with E-state index in [4.69, 9.17) is 28.9 Å². The number of aromatic nitrogens is 1. The third kappa shape index (κ3) is 2.81. The van der Waals surface area contributed by atoms with Crippen LogP contribution in [0.3, 0.4) is 0 Å². The molecule has 1 aromatic carbocycles. The lowest BCUT2D eigenvalue weighted by molar-refractivity contribution is 0.0993. The predicted molar refractivity (Wildman–Crippen MR) is 73.1 cm³/mol. The fourth-order valence-electron chi connectivity index (χ4n) is 1.57. The summed E-state index contributed by atoms with van der Waals surface area (Å²) in [6.45, 7) is 0. The zero-order chi connectivity index (χ0) is 13.1. The normalized spacial score (nSPS) is 10.3. The summed E-state index contributed by atoms with van der Waals surface area (Å²) in [6, 6.07) is 6.70. The quantitative estimate of drug-likeness (QED) is 0.877. The van der Waals surface area contributed by atoms with Gasteiger partial charge in [0.2, 0.25) is 0 Å². The second-order valence-corrected chi connectivity index (χ2v) is 4.63. The molecule has 0 aliphatic heterocycles. The van der Waals surface area contributed by atoms with E-state index in [1.165, 1.54) is 6.20 Å². The monoisotopic (exact) mass is 280 g/mol. The number of nitrogens with zero attached hydrogens (tertiary/aromatic N) is 1. The zero-order valence-electron chi connectivity index (χ0n) is 9.36. The van der Waals surface area contributed by atoms with Gasteiger partial charge >= 0.3 is 0 Å². The Kier molecular flexibility index (Phi) is 3.84. The molecule has 0 bridgehead atoms. The van der Waals surface area contributed by atoms with Gasteiger partial charge < -0.3 is 5.73 Å². The summed E-state index contributed by atoms with van der Waals surface area (Å²) in [6.07, 6.45) is 3.23. The Hall–Kier alpha value is -1.58. The molecule has 2 N–H and O–H groups in total. The van der Waals surface area contributed by atoms with E-state index >= 15 is 0 Å². The van der Waals surface area contributed by atoms with E-state index in [0.717, 1.165) is 5.56 Å². The summed E-state index contributed by atoms with van der Waals surface area (Å²) in [7, 11) is 0. The second-order valence-electron chi connectivity index (χ2n) is 3.81. The number of nitrogens with two attached hydrogens (primary N) is 1. The first-order valence-corrected chi connectivity index (χ1v) is 6.00. The molecule has 0 unspecified atom stereocenters. The zero-order valence-corrected chi connectivity index (χ0v) is 10.9. The standard InChI is InChI=1S/C13H10Cl2N2O/c14-10-2-1-8(5-11(10)15)6-13(18)9-7-17-4-3-12(9)16/h1-5,7H,6H2,(H2,16,17). The molecule has 0 radical (unpaired) electrons. The van der Waals surface area contributed by atoms with E-state index in [1.54, 1.807) is 30.5 Å². The van der Waals surface area contributed by atoms with Crippen molar-refractivity contribution < 1.29 is 4.79 Å². The van der Waals surface area contributed by atoms with E-state index in [1.807, 2.05) is 0 Å². The van der Waals surface area contributed by atoms with Crippen molar-refractivity contribution in [1.82, 2.24) is 4.98 Å². The van der Waals surface area contributed by atoms with Crippen LogP contribution in [-0.4, -0.2) is 10.8 Å². The molecule has 0 atom stereocenters. The van der Waals surface area contributed by atoms with Gasteiger partial charge in [0.25, 0.3) is 0 Å². The van der Waals surface area contributed by atoms with Crippen LogP contribution in [0, 0.1) is 0 Å². The molecular formula is C13H10Cl2N2O. The Morgan fingerprint density at radius 3 is 2.67 bits per heavy atom. The number of rotatable bonds is 3. The Morgan fingerprint density at radius 1 is 1.22 bits per heavy atom. The van der Waals surface area contributed by atoms with Crippen molar-refractivity contribution >= 4 is 34.7 Å². The van der Waals surface area contributed by atoms with Crippen LogP contribution in [-0.2, 0) is 6.42 Å². The highest BCUT2D eigenvalue weighted by molar-refractivity contribution is 6.42. The number of pyridine rings is 1. The average molecular weight is 281 g/mol. The number of carbonyl (C=O) groups excluding carboxylic acids is 1. The third-order valence-electron chi connectivity index (χ3n) is 2.50. The molecule has 1 heterocycles. The van der Waals surface area contributed by atoms with Gasteiger partial charge in [-0.15, -0.1) is 0 Å². The van der Waals surface area contributed by atoms with Crippen molar-refractivity contribution in [3.8, 4) is 0 Å². The van der Waals surface area contributed by atoms with E-state index in [-0.39, 0.29) is 12.2 Å². The average Bonchev–Trinajstić information content (AvgIpc) is 2.34. The lowest BCUT2D eigenvalue weighted by atomic mass is 10.0. The van der Waals surface area contributed by atoms with Crippen LogP contribution in [0.5, 0.6) is 0 Å². The van der Waals surface area contributed by atoms with Gasteiger partial charge in [0, 0.05) is 24.5 Å². The van der Waals surface area contributed by atoms with Crippen LogP contribution >= 0.6 is 23.2 Å². The SMILES string of the molecule is Nc1ccncc1C(=O)Cc1ccc(Cl)c(Cl)c1. The molecule has 92 valence electrons. The maximum absolute atomic E-state index is 12.0. The third-order valence-corrected chi connectivity index (χ3v) is 3.24. The summed E-state index contributed by atoms with van der Waals surface area (Å²) >= 11 is 11.7. The lowest BCUT2D eigenvalue weighted by Crippen LogP contribution is -2.07. The molecule has 2 aromatic rings. The molecule has 0 fully saturated rings. The lowest BCUT2D eigenvalue weighted by Gasteiger charge is -2.05. The van der Waals surface area contributed by atoms with Crippen LogP contribution in [0.15, 0.2) is 36.7 Å². The summed E-state index contributed by atoms with van der Waals surface area (Å²) in [4.78, 5) is 15.9. The van der Waals surface area contributed by atoms with Crippen LogP contribution < -0.4 is 5.73 Å². The van der Waals surface area contributed by atoms with Gasteiger partial charge in [0.15, 0.2) is 5.78 Å². The minimum atomic E-state index is -0.0982. The van der Waals surface area contributed by atoms with Crippen molar-refractivity contribution in [3.63, 3.8) is 0 Å². The van der Waals surface area contributed by atoms with E-state index in [2.05, 4.69) is 4.98 Å². The Morgan fingerprint density at radius 2 is 2.00 bits per heavy atom. The summed E-state index contributed by atoms with van der Waals surface area (Å²) in [5.41, 5.74) is 7.36. The van der Waals surface area contributed by atoms with Gasteiger partial charge in [-0.25, -0.2) is 0 Å². The van der Waals surface area contributed by atoms with E-state index < -0.39 is 0 Å². The van der Waals surface area contributed by atoms with Crippen molar-refractivity contribution in [1.29, 1.82) is 0 Å². The minimum absolute atomic E-state index is 0.0982. The van der Waals surface area contributed by atoms with Crippen LogP contribution in [0.25, 0.3) is 0 Å². The maximum Gasteiger partial charge on any atom is 0.170 e. The number of hydrogen-bond donors (Lipinski definition) is 1. The number of anilines is 1. The van der Waals surface area contributed by atoms with Gasteiger partial charge in [0.1, 0.15) is 0 Å². The first kappa shape index (κ1) is 12.9. The number of Topliss-reactive ketones (excluding diaryl/α,β-unsaturated/α-hetero) is 1. The Labute approximate surface area is 115 Å². The molecule has 5 heteroatoms. The minimum Gasteiger partial charge on any atom is -0.398 e. The molecule has 0 saturated heterocycles. The highest BCUT2D eigenvalue weighted by Crippen LogP contribution is 2.23. The van der Waals surface area contributed by atoms with Crippen LogP contribution in [0.2, 0.25) is 10.0 Å². The molecule has 1 aromatic heterocycles. The van der Waals surface area contributed by atoms with E-state index in [0.29, 0.717) is 21.3 Å². The highest BCUT2D eigenvalue weighted by Gasteiger charge is 2.11. The van der Waals surface area contributed by atoms with Crippen molar-refractivity contribution in [3.05, 3.63) is 57.8 Å². The van der Waals surface area contributed by atoms with Crippen molar-refractivity contribution in [2.75, 3.05) is 5.73 Å². The molecule has 0 aliphatic rings. The summed E-state index contributed by atoms with van der Waals surface area (Å²) < 4.78 is 0. The van der Waals surface area contributed by atoms with Gasteiger partial charge in [-0.1, -0.05) is 29.3 Å². The highest BCUT2D eigenvalue weighted by atomic mass is 35.5. The molecule has 3 nitrogen and oxygen atoms in total. The largest absolute Gasteiger partial charge is 0.398 e. The van der Waals surface area contributed by atoms with Gasteiger partial charge in [-0.2, -0.15) is 0 Å². The van der Waals surface area contributed by atoms with Crippen molar-refractivity contribution in [2.24, 2.45) is 0 Å². The van der Waals surface area contributed by atoms with Gasteiger partial charge in [-0.05, 0) is 23.8 Å². The fourth-order valence-corrected chi connectivity index (χ4v) is 1.89. The number of carbonyl (C=O) groups is 1. The van der Waals surface area contributed by atoms with Gasteiger partial charge in [-0.3, -0.25) is 9.78 Å². The number of halogens is 2. The number of hydrogen-bond acceptors (Lipinski definition) is 3. The molecule has 0 aliphatic carbocycles. The first-order chi connectivity index (χ1) is 8.58. The predicted octanol–water partition coefficient (Wildman–Crippen LogP) is 3.40. The van der Waals surface area contributed by atoms with Crippen LogP contribution in [0.1, 0.15) is 15.9 Å². The second kappa shape index (κ2) is 5.38. The molecule has 0 amide bonds. The van der Waals surface area contributed by atoms with Gasteiger partial charge in [0.05, 0.1) is 15.6 Å².